The molecule has 1 aliphatic heterocycles. The predicted octanol–water partition coefficient (Wildman–Crippen LogP) is 2.75. The van der Waals surface area contributed by atoms with Crippen LogP contribution in [-0.4, -0.2) is 32.5 Å². The molecule has 4 heteroatoms. The molecule has 2 rings (SSSR count). The highest BCUT2D eigenvalue weighted by Gasteiger charge is 2.17. The summed E-state index contributed by atoms with van der Waals surface area (Å²) >= 11 is 0. The van der Waals surface area contributed by atoms with E-state index >= 15 is 0 Å². The molecule has 20 heavy (non-hydrogen) atoms. The van der Waals surface area contributed by atoms with Crippen LogP contribution < -0.4 is 14.8 Å². The molecule has 1 atom stereocenters. The zero-order valence-electron chi connectivity index (χ0n) is 12.6. The van der Waals surface area contributed by atoms with E-state index in [4.69, 9.17) is 14.2 Å². The standard InChI is InChI=1S/C16H25NO3/c1-12(2)17-10-13-6-7-15(18-3)16(9-13)20-11-14-5-4-8-19-14/h6-7,9,12,14,17H,4-5,8,10-11H2,1-3H3. The molecule has 0 aliphatic carbocycles. The van der Waals surface area contributed by atoms with Gasteiger partial charge >= 0.3 is 0 Å². The van der Waals surface area contributed by atoms with E-state index in [0.717, 1.165) is 37.5 Å². The lowest BCUT2D eigenvalue weighted by Gasteiger charge is -2.16. The van der Waals surface area contributed by atoms with Gasteiger partial charge in [-0.1, -0.05) is 19.9 Å². The maximum Gasteiger partial charge on any atom is 0.161 e. The minimum atomic E-state index is 0.220. The molecule has 1 fully saturated rings. The molecule has 0 amide bonds. The van der Waals surface area contributed by atoms with Crippen LogP contribution in [0.25, 0.3) is 0 Å². The Morgan fingerprint density at radius 2 is 2.20 bits per heavy atom. The zero-order chi connectivity index (χ0) is 14.4. The second-order valence-corrected chi connectivity index (χ2v) is 5.47. The van der Waals surface area contributed by atoms with Crippen molar-refractivity contribution in [3.8, 4) is 11.5 Å². The fourth-order valence-corrected chi connectivity index (χ4v) is 2.22. The highest BCUT2D eigenvalue weighted by Crippen LogP contribution is 2.29. The first kappa shape index (κ1) is 15.1. The fourth-order valence-electron chi connectivity index (χ4n) is 2.22. The summed E-state index contributed by atoms with van der Waals surface area (Å²) in [6.45, 7) is 6.55. The molecule has 1 unspecified atom stereocenters. The lowest BCUT2D eigenvalue weighted by atomic mass is 10.2. The van der Waals surface area contributed by atoms with Gasteiger partial charge in [-0.3, -0.25) is 0 Å². The monoisotopic (exact) mass is 279 g/mol. The molecular weight excluding hydrogens is 254 g/mol. The number of hydrogen-bond acceptors (Lipinski definition) is 4. The molecule has 0 spiro atoms. The van der Waals surface area contributed by atoms with Gasteiger partial charge in [0.25, 0.3) is 0 Å². The van der Waals surface area contributed by atoms with Crippen LogP contribution in [0.4, 0.5) is 0 Å². The summed E-state index contributed by atoms with van der Waals surface area (Å²) in [6, 6.07) is 6.53. The molecule has 1 aromatic carbocycles. The van der Waals surface area contributed by atoms with Gasteiger partial charge in [0, 0.05) is 19.2 Å². The van der Waals surface area contributed by atoms with Crippen LogP contribution in [0.5, 0.6) is 11.5 Å². The first-order chi connectivity index (χ1) is 9.69. The third-order valence-electron chi connectivity index (χ3n) is 3.39. The largest absolute Gasteiger partial charge is 0.493 e. The van der Waals surface area contributed by atoms with E-state index in [1.165, 1.54) is 5.56 Å². The first-order valence-electron chi connectivity index (χ1n) is 7.33. The summed E-state index contributed by atoms with van der Waals surface area (Å²) in [6.07, 6.45) is 2.43. The van der Waals surface area contributed by atoms with Crippen molar-refractivity contribution in [3.63, 3.8) is 0 Å². The molecule has 1 aliphatic rings. The molecule has 1 N–H and O–H groups in total. The van der Waals surface area contributed by atoms with Crippen LogP contribution in [0.2, 0.25) is 0 Å². The minimum Gasteiger partial charge on any atom is -0.493 e. The van der Waals surface area contributed by atoms with Gasteiger partial charge in [0.1, 0.15) is 6.61 Å². The number of methoxy groups -OCH3 is 1. The molecule has 0 saturated carbocycles. The summed E-state index contributed by atoms with van der Waals surface area (Å²) in [5.41, 5.74) is 1.20. The van der Waals surface area contributed by atoms with Crippen LogP contribution in [0.3, 0.4) is 0 Å². The Hall–Kier alpha value is -1.26. The van der Waals surface area contributed by atoms with Gasteiger partial charge < -0.3 is 19.5 Å². The normalized spacial score (nSPS) is 18.5. The number of nitrogens with one attached hydrogen (secondary N) is 1. The van der Waals surface area contributed by atoms with E-state index < -0.39 is 0 Å². The van der Waals surface area contributed by atoms with Crippen molar-refractivity contribution in [2.24, 2.45) is 0 Å². The van der Waals surface area contributed by atoms with Gasteiger partial charge in [0.05, 0.1) is 13.2 Å². The van der Waals surface area contributed by atoms with Crippen LogP contribution >= 0.6 is 0 Å². The summed E-state index contributed by atoms with van der Waals surface area (Å²) in [4.78, 5) is 0. The van der Waals surface area contributed by atoms with Crippen molar-refractivity contribution in [1.29, 1.82) is 0 Å². The predicted molar refractivity (Wildman–Crippen MR) is 79.4 cm³/mol. The number of benzene rings is 1. The maximum atomic E-state index is 5.88. The van der Waals surface area contributed by atoms with Gasteiger partial charge in [-0.05, 0) is 30.5 Å². The Morgan fingerprint density at radius 1 is 1.35 bits per heavy atom. The molecule has 0 aromatic heterocycles. The quantitative estimate of drug-likeness (QED) is 0.833. The molecule has 0 radical (unpaired) electrons. The molecule has 1 saturated heterocycles. The average Bonchev–Trinajstić information content (AvgIpc) is 2.96. The molecule has 1 heterocycles. The number of hydrogen-bond donors (Lipinski definition) is 1. The van der Waals surface area contributed by atoms with E-state index in [1.807, 2.05) is 12.1 Å². The highest BCUT2D eigenvalue weighted by molar-refractivity contribution is 5.43. The van der Waals surface area contributed by atoms with Crippen molar-refractivity contribution in [2.45, 2.75) is 45.4 Å². The van der Waals surface area contributed by atoms with Crippen LogP contribution in [0, 0.1) is 0 Å². The molecule has 112 valence electrons. The van der Waals surface area contributed by atoms with Crippen LogP contribution in [0.1, 0.15) is 32.3 Å². The van der Waals surface area contributed by atoms with Gasteiger partial charge in [0.2, 0.25) is 0 Å². The number of ether oxygens (including phenoxy) is 3. The molecule has 0 bridgehead atoms. The van der Waals surface area contributed by atoms with Crippen molar-refractivity contribution in [1.82, 2.24) is 5.32 Å². The topological polar surface area (TPSA) is 39.7 Å². The van der Waals surface area contributed by atoms with E-state index in [-0.39, 0.29) is 6.10 Å². The van der Waals surface area contributed by atoms with E-state index in [2.05, 4.69) is 25.2 Å². The summed E-state index contributed by atoms with van der Waals surface area (Å²) in [5, 5.41) is 3.40. The second kappa shape index (κ2) is 7.50. The second-order valence-electron chi connectivity index (χ2n) is 5.47. The van der Waals surface area contributed by atoms with Gasteiger partial charge in [-0.15, -0.1) is 0 Å². The van der Waals surface area contributed by atoms with Gasteiger partial charge in [-0.25, -0.2) is 0 Å². The summed E-state index contributed by atoms with van der Waals surface area (Å²) in [7, 11) is 1.67. The molecular formula is C16H25NO3. The lowest BCUT2D eigenvalue weighted by molar-refractivity contribution is 0.0669. The van der Waals surface area contributed by atoms with Crippen molar-refractivity contribution in [2.75, 3.05) is 20.3 Å². The molecule has 1 aromatic rings. The minimum absolute atomic E-state index is 0.220. The van der Waals surface area contributed by atoms with E-state index in [9.17, 15) is 0 Å². The van der Waals surface area contributed by atoms with Crippen molar-refractivity contribution < 1.29 is 14.2 Å². The van der Waals surface area contributed by atoms with Gasteiger partial charge in [0.15, 0.2) is 11.5 Å². The van der Waals surface area contributed by atoms with Gasteiger partial charge in [-0.2, -0.15) is 0 Å². The average molecular weight is 279 g/mol. The first-order valence-corrected chi connectivity index (χ1v) is 7.33. The number of rotatable bonds is 7. The Kier molecular flexibility index (Phi) is 5.68. The van der Waals surface area contributed by atoms with E-state index in [0.29, 0.717) is 12.6 Å². The Morgan fingerprint density at radius 3 is 2.85 bits per heavy atom. The third-order valence-corrected chi connectivity index (χ3v) is 3.39. The van der Waals surface area contributed by atoms with Crippen molar-refractivity contribution >= 4 is 0 Å². The zero-order valence-corrected chi connectivity index (χ0v) is 12.6. The Balaban J connectivity index is 1.97. The van der Waals surface area contributed by atoms with E-state index in [1.54, 1.807) is 7.11 Å². The Bertz CT molecular complexity index is 414. The smallest absolute Gasteiger partial charge is 0.161 e. The highest BCUT2D eigenvalue weighted by atomic mass is 16.5. The summed E-state index contributed by atoms with van der Waals surface area (Å²) in [5.74, 6) is 1.57. The third kappa shape index (κ3) is 4.39. The summed E-state index contributed by atoms with van der Waals surface area (Å²) < 4.78 is 16.8. The fraction of sp³-hybridized carbons (Fsp3) is 0.625. The maximum absolute atomic E-state index is 5.88. The lowest BCUT2D eigenvalue weighted by Crippen LogP contribution is -2.22. The SMILES string of the molecule is COc1ccc(CNC(C)C)cc1OCC1CCCO1. The Labute approximate surface area is 121 Å². The van der Waals surface area contributed by atoms with Crippen molar-refractivity contribution in [3.05, 3.63) is 23.8 Å². The van der Waals surface area contributed by atoms with Crippen LogP contribution in [-0.2, 0) is 11.3 Å². The molecule has 4 nitrogen and oxygen atoms in total. The van der Waals surface area contributed by atoms with Crippen LogP contribution in [0.15, 0.2) is 18.2 Å².